The lowest BCUT2D eigenvalue weighted by Gasteiger charge is -2.05. The molecule has 0 radical (unpaired) electrons. The van der Waals surface area contributed by atoms with Crippen molar-refractivity contribution < 1.29 is 38.2 Å². The van der Waals surface area contributed by atoms with Crippen LogP contribution >= 0.6 is 11.8 Å². The van der Waals surface area contributed by atoms with Crippen LogP contribution in [0.5, 0.6) is 23.0 Å². The van der Waals surface area contributed by atoms with Gasteiger partial charge in [-0.2, -0.15) is 0 Å². The van der Waals surface area contributed by atoms with E-state index in [1.54, 1.807) is 18.2 Å². The summed E-state index contributed by atoms with van der Waals surface area (Å²) in [6.07, 6.45) is 1.13. The van der Waals surface area contributed by atoms with Crippen molar-refractivity contribution in [2.45, 2.75) is 5.22 Å². The second-order valence-electron chi connectivity index (χ2n) is 6.41. The molecule has 0 fully saturated rings. The van der Waals surface area contributed by atoms with E-state index in [9.17, 15) is 20.0 Å². The van der Waals surface area contributed by atoms with Crippen LogP contribution in [-0.4, -0.2) is 47.2 Å². The van der Waals surface area contributed by atoms with E-state index in [4.69, 9.17) is 23.4 Å². The number of aromatic nitrogens is 2. The van der Waals surface area contributed by atoms with E-state index >= 15 is 0 Å². The minimum atomic E-state index is -1.34. The lowest BCUT2D eigenvalue weighted by molar-refractivity contribution is -0.385. The fourth-order valence-electron chi connectivity index (χ4n) is 2.89. The molecule has 170 valence electrons. The first-order valence-electron chi connectivity index (χ1n) is 9.15. The van der Waals surface area contributed by atoms with Crippen molar-refractivity contribution in [1.82, 2.24) is 10.2 Å². The molecule has 0 unspecified atom stereocenters. The Balaban J connectivity index is 1.66. The first-order chi connectivity index (χ1) is 15.9. The van der Waals surface area contributed by atoms with E-state index in [1.807, 2.05) is 0 Å². The average molecular weight is 473 g/mol. The number of fused-ring (bicyclic) bond motifs is 1. The molecule has 0 spiro atoms. The molecule has 33 heavy (non-hydrogen) atoms. The molecule has 12 nitrogen and oxygen atoms in total. The first kappa shape index (κ1) is 22.0. The van der Waals surface area contributed by atoms with E-state index in [2.05, 4.69) is 10.2 Å². The van der Waals surface area contributed by atoms with Gasteiger partial charge in [0.2, 0.25) is 12.7 Å². The molecule has 1 aromatic heterocycles. The Morgan fingerprint density at radius 1 is 1.12 bits per heavy atom. The fraction of sp³-hybridized carbons (Fsp3) is 0.150. The van der Waals surface area contributed by atoms with Crippen molar-refractivity contribution in [1.29, 1.82) is 0 Å². The third kappa shape index (κ3) is 4.67. The van der Waals surface area contributed by atoms with Crippen LogP contribution in [0, 0.1) is 10.1 Å². The number of thioether (sulfide) groups is 1. The molecule has 3 aromatic rings. The quantitative estimate of drug-likeness (QED) is 0.220. The van der Waals surface area contributed by atoms with E-state index in [1.165, 1.54) is 26.4 Å². The number of methoxy groups -OCH3 is 2. The summed E-state index contributed by atoms with van der Waals surface area (Å²) < 4.78 is 26.4. The monoisotopic (exact) mass is 473 g/mol. The Bertz CT molecular complexity index is 1250. The molecule has 2 aromatic carbocycles. The number of carboxylic acid groups (broad SMARTS) is 1. The van der Waals surface area contributed by atoms with Crippen LogP contribution in [0.4, 0.5) is 5.69 Å². The largest absolute Gasteiger partial charge is 0.497 e. The van der Waals surface area contributed by atoms with Crippen molar-refractivity contribution >= 4 is 29.5 Å². The van der Waals surface area contributed by atoms with Gasteiger partial charge in [-0.25, -0.2) is 4.79 Å². The van der Waals surface area contributed by atoms with Crippen molar-refractivity contribution in [3.05, 3.63) is 50.9 Å². The molecular weight excluding hydrogens is 458 g/mol. The Hall–Kier alpha value is -4.26. The molecule has 13 heteroatoms. The van der Waals surface area contributed by atoms with Crippen molar-refractivity contribution in [3.8, 4) is 34.5 Å². The zero-order valence-corrected chi connectivity index (χ0v) is 18.0. The summed E-state index contributed by atoms with van der Waals surface area (Å²) in [6, 6.07) is 7.48. The highest BCUT2D eigenvalue weighted by Gasteiger charge is 2.24. The van der Waals surface area contributed by atoms with Gasteiger partial charge in [0, 0.05) is 11.6 Å². The van der Waals surface area contributed by atoms with Crippen molar-refractivity contribution in [2.24, 2.45) is 0 Å². The van der Waals surface area contributed by atoms with Gasteiger partial charge in [-0.3, -0.25) is 10.1 Å². The van der Waals surface area contributed by atoms with Crippen LogP contribution in [0.25, 0.3) is 17.5 Å². The summed E-state index contributed by atoms with van der Waals surface area (Å²) in [5.74, 6) is 0.242. The van der Waals surface area contributed by atoms with Gasteiger partial charge in [0.15, 0.2) is 11.5 Å². The average Bonchev–Trinajstić information content (AvgIpc) is 3.46. The lowest BCUT2D eigenvalue weighted by Crippen LogP contribution is -1.98. The number of carboxylic acids is 1. The topological polar surface area (TPSA) is 156 Å². The summed E-state index contributed by atoms with van der Waals surface area (Å²) in [5.41, 5.74) is 0.178. The number of nitro groups is 1. The van der Waals surface area contributed by atoms with Crippen LogP contribution in [-0.2, 0) is 4.79 Å². The normalized spacial score (nSPS) is 12.5. The third-order valence-electron chi connectivity index (χ3n) is 4.42. The number of nitrogens with zero attached hydrogens (tertiary/aromatic N) is 3. The number of rotatable bonds is 8. The van der Waals surface area contributed by atoms with E-state index < -0.39 is 10.9 Å². The number of hydrogen-bond donors (Lipinski definition) is 1. The summed E-state index contributed by atoms with van der Waals surface area (Å²) in [5, 5.41) is 28.8. The molecule has 0 saturated carbocycles. The number of nitro benzene ring substituents is 1. The first-order valence-corrected chi connectivity index (χ1v) is 9.97. The number of aliphatic carboxylic acids is 1. The predicted molar refractivity (Wildman–Crippen MR) is 114 cm³/mol. The molecule has 0 atom stereocenters. The van der Waals surface area contributed by atoms with E-state index in [-0.39, 0.29) is 45.6 Å². The van der Waals surface area contributed by atoms with Gasteiger partial charge in [0.25, 0.3) is 10.9 Å². The maximum atomic E-state index is 11.8. The molecule has 1 N–H and O–H groups in total. The number of ether oxygens (including phenoxy) is 4. The van der Waals surface area contributed by atoms with Gasteiger partial charge >= 0.3 is 5.97 Å². The number of hydrogen-bond acceptors (Lipinski definition) is 11. The van der Waals surface area contributed by atoms with Gasteiger partial charge in [-0.15, -0.1) is 10.2 Å². The molecule has 2 heterocycles. The maximum Gasteiger partial charge on any atom is 0.342 e. The van der Waals surface area contributed by atoms with Crippen LogP contribution in [0.1, 0.15) is 5.56 Å². The highest BCUT2D eigenvalue weighted by molar-refractivity contribution is 8.03. The Kier molecular flexibility index (Phi) is 6.04. The molecule has 1 aliphatic rings. The summed E-state index contributed by atoms with van der Waals surface area (Å²) in [4.78, 5) is 22.4. The second-order valence-corrected chi connectivity index (χ2v) is 7.40. The van der Waals surface area contributed by atoms with Crippen LogP contribution in [0.15, 0.2) is 44.9 Å². The highest BCUT2D eigenvalue weighted by Crippen LogP contribution is 2.40. The molecular formula is C20H15N3O9S. The van der Waals surface area contributed by atoms with Crippen LogP contribution in [0.3, 0.4) is 0 Å². The van der Waals surface area contributed by atoms with Crippen LogP contribution < -0.4 is 18.9 Å². The molecule has 0 saturated heterocycles. The SMILES string of the molecule is COc1cc(OC)cc(-c2nnc(S/C(=C\c3cc4c(cc3[N+](=O)[O-])OCO4)C(=O)O)o2)c1. The second kappa shape index (κ2) is 9.08. The summed E-state index contributed by atoms with van der Waals surface area (Å²) >= 11 is 0.645. The minimum absolute atomic E-state index is 0.0198. The molecule has 0 amide bonds. The van der Waals surface area contributed by atoms with E-state index in [0.717, 1.165) is 6.08 Å². The molecule has 0 aliphatic carbocycles. The molecule has 0 bridgehead atoms. The standard InChI is InChI=1S/C20H15N3O9S/c1-28-12-3-11(4-13(7-12)29-2)18-21-22-20(32-18)33-17(19(24)25)6-10-5-15-16(31-9-30-15)8-14(10)23(26)27/h3-8H,9H2,1-2H3,(H,24,25)/b17-6-. The van der Waals surface area contributed by atoms with E-state index in [0.29, 0.717) is 28.8 Å². The van der Waals surface area contributed by atoms with Gasteiger partial charge in [-0.1, -0.05) is 0 Å². The van der Waals surface area contributed by atoms with Crippen molar-refractivity contribution in [3.63, 3.8) is 0 Å². The van der Waals surface area contributed by atoms with Gasteiger partial charge in [-0.05, 0) is 36.0 Å². The Morgan fingerprint density at radius 3 is 2.39 bits per heavy atom. The smallest absolute Gasteiger partial charge is 0.342 e. The fourth-order valence-corrected chi connectivity index (χ4v) is 3.55. The van der Waals surface area contributed by atoms with Gasteiger partial charge in [0.1, 0.15) is 16.4 Å². The molecule has 4 rings (SSSR count). The number of benzene rings is 2. The van der Waals surface area contributed by atoms with Gasteiger partial charge in [0.05, 0.1) is 30.8 Å². The lowest BCUT2D eigenvalue weighted by atomic mass is 10.1. The number of carbonyl (C=O) groups is 1. The minimum Gasteiger partial charge on any atom is -0.497 e. The van der Waals surface area contributed by atoms with Gasteiger partial charge < -0.3 is 28.5 Å². The Labute approximate surface area is 189 Å². The maximum absolute atomic E-state index is 11.8. The zero-order valence-electron chi connectivity index (χ0n) is 17.1. The zero-order chi connectivity index (χ0) is 23.5. The highest BCUT2D eigenvalue weighted by atomic mass is 32.2. The predicted octanol–water partition coefficient (Wildman–Crippen LogP) is 3.61. The summed E-state index contributed by atoms with van der Waals surface area (Å²) in [7, 11) is 2.99. The third-order valence-corrected chi connectivity index (χ3v) is 5.27. The van der Waals surface area contributed by atoms with Crippen molar-refractivity contribution in [2.75, 3.05) is 21.0 Å². The summed E-state index contributed by atoms with van der Waals surface area (Å²) in [6.45, 7) is -0.0833. The Morgan fingerprint density at radius 2 is 1.79 bits per heavy atom. The van der Waals surface area contributed by atoms with Crippen LogP contribution in [0.2, 0.25) is 0 Å². The molecule has 1 aliphatic heterocycles.